The summed E-state index contributed by atoms with van der Waals surface area (Å²) in [5.41, 5.74) is 6.44. The zero-order valence-electron chi connectivity index (χ0n) is 16.6. The number of carbonyl (C=O) groups is 1. The molecule has 4 nitrogen and oxygen atoms in total. The molecule has 1 aromatic carbocycles. The van der Waals surface area contributed by atoms with Gasteiger partial charge in [0.15, 0.2) is 5.78 Å². The van der Waals surface area contributed by atoms with Crippen LogP contribution in [0.5, 0.6) is 0 Å². The zero-order chi connectivity index (χ0) is 20.7. The van der Waals surface area contributed by atoms with E-state index in [1.807, 2.05) is 52.5 Å². The fraction of sp³-hybridized carbons (Fsp3) is 0.125. The molecule has 0 saturated carbocycles. The minimum Gasteiger partial charge on any atom is -0.303 e. The standard InChI is InChI=1S/C24H19N3OS2/c1-15-5-8-17(9-6-15)23-19(27-13-16(2)7-10-22(27)26-23)12-20(28)18-14-30-24(25-18)21-4-3-11-29-21/h3-11,13-14H,12H2,1-2H3. The summed E-state index contributed by atoms with van der Waals surface area (Å²) in [5, 5.41) is 4.77. The van der Waals surface area contributed by atoms with Crippen LogP contribution in [0.1, 0.15) is 27.3 Å². The third-order valence-electron chi connectivity index (χ3n) is 5.04. The third-order valence-corrected chi connectivity index (χ3v) is 6.92. The number of ketones is 1. The highest BCUT2D eigenvalue weighted by Crippen LogP contribution is 2.30. The number of rotatable bonds is 5. The molecule has 0 bridgehead atoms. The van der Waals surface area contributed by atoms with E-state index in [-0.39, 0.29) is 12.2 Å². The number of pyridine rings is 1. The van der Waals surface area contributed by atoms with Gasteiger partial charge in [-0.3, -0.25) is 4.79 Å². The summed E-state index contributed by atoms with van der Waals surface area (Å²) in [6.07, 6.45) is 2.29. The highest BCUT2D eigenvalue weighted by atomic mass is 32.1. The molecule has 0 spiro atoms. The van der Waals surface area contributed by atoms with Crippen molar-refractivity contribution in [2.45, 2.75) is 20.3 Å². The Morgan fingerprint density at radius 1 is 0.967 bits per heavy atom. The Morgan fingerprint density at radius 2 is 1.77 bits per heavy atom. The van der Waals surface area contributed by atoms with Gasteiger partial charge in [0.25, 0.3) is 0 Å². The Kier molecular flexibility index (Phi) is 4.81. The van der Waals surface area contributed by atoms with Crippen molar-refractivity contribution < 1.29 is 4.79 Å². The molecule has 6 heteroatoms. The molecule has 0 aliphatic heterocycles. The first-order chi connectivity index (χ1) is 14.6. The van der Waals surface area contributed by atoms with Crippen LogP contribution in [0.25, 0.3) is 26.8 Å². The fourth-order valence-corrected chi connectivity index (χ4v) is 5.11. The number of thiophene rings is 1. The Labute approximate surface area is 182 Å². The molecule has 4 heterocycles. The van der Waals surface area contributed by atoms with E-state index in [1.54, 1.807) is 11.3 Å². The van der Waals surface area contributed by atoms with Crippen LogP contribution in [-0.2, 0) is 6.42 Å². The molecule has 30 heavy (non-hydrogen) atoms. The van der Waals surface area contributed by atoms with Crippen LogP contribution in [0.2, 0.25) is 0 Å². The minimum absolute atomic E-state index is 0.00530. The van der Waals surface area contributed by atoms with E-state index < -0.39 is 0 Å². The lowest BCUT2D eigenvalue weighted by atomic mass is 10.0. The molecule has 5 rings (SSSR count). The maximum atomic E-state index is 13.2. The number of hydrogen-bond donors (Lipinski definition) is 0. The van der Waals surface area contributed by atoms with Crippen molar-refractivity contribution in [3.05, 3.63) is 88.0 Å². The van der Waals surface area contributed by atoms with Crippen LogP contribution in [0, 0.1) is 13.8 Å². The number of Topliss-reactive ketones (excluding diaryl/α,β-unsaturated/α-hetero) is 1. The average molecular weight is 430 g/mol. The molecule has 0 atom stereocenters. The van der Waals surface area contributed by atoms with Crippen LogP contribution >= 0.6 is 22.7 Å². The number of aromatic nitrogens is 3. The third kappa shape index (κ3) is 3.49. The van der Waals surface area contributed by atoms with Crippen LogP contribution < -0.4 is 0 Å². The van der Waals surface area contributed by atoms with E-state index in [2.05, 4.69) is 36.2 Å². The average Bonchev–Trinajstić information content (AvgIpc) is 3.49. The van der Waals surface area contributed by atoms with E-state index >= 15 is 0 Å². The lowest BCUT2D eigenvalue weighted by Gasteiger charge is -2.05. The molecule has 0 N–H and O–H groups in total. The lowest BCUT2D eigenvalue weighted by molar-refractivity contribution is 0.0988. The first-order valence-corrected chi connectivity index (χ1v) is 11.4. The van der Waals surface area contributed by atoms with Gasteiger partial charge in [-0.25, -0.2) is 9.97 Å². The molecule has 0 aliphatic rings. The molecule has 0 radical (unpaired) electrons. The number of benzene rings is 1. The first-order valence-electron chi connectivity index (χ1n) is 9.66. The quantitative estimate of drug-likeness (QED) is 0.311. The number of thiazole rings is 1. The zero-order valence-corrected chi connectivity index (χ0v) is 18.3. The molecule has 0 aliphatic carbocycles. The van der Waals surface area contributed by atoms with Crippen molar-refractivity contribution in [2.75, 3.05) is 0 Å². The summed E-state index contributed by atoms with van der Waals surface area (Å²) >= 11 is 3.15. The van der Waals surface area contributed by atoms with Crippen molar-refractivity contribution >= 4 is 34.1 Å². The summed E-state index contributed by atoms with van der Waals surface area (Å²) in [7, 11) is 0. The SMILES string of the molecule is Cc1ccc(-c2nc3ccc(C)cn3c2CC(=O)c2csc(-c3cccs3)n2)cc1. The second-order valence-corrected chi connectivity index (χ2v) is 9.13. The second-order valence-electron chi connectivity index (χ2n) is 7.32. The summed E-state index contributed by atoms with van der Waals surface area (Å²) in [4.78, 5) is 23.7. The monoisotopic (exact) mass is 429 g/mol. The number of imidazole rings is 1. The summed E-state index contributed by atoms with van der Waals surface area (Å²) in [6.45, 7) is 4.11. The number of fused-ring (bicyclic) bond motifs is 1. The van der Waals surface area contributed by atoms with Gasteiger partial charge in [0.2, 0.25) is 0 Å². The van der Waals surface area contributed by atoms with Gasteiger partial charge in [0.05, 0.1) is 22.7 Å². The molecular formula is C24H19N3OS2. The van der Waals surface area contributed by atoms with Gasteiger partial charge in [-0.2, -0.15) is 0 Å². The van der Waals surface area contributed by atoms with E-state index in [4.69, 9.17) is 4.98 Å². The fourth-order valence-electron chi connectivity index (χ4n) is 3.47. The molecule has 0 fully saturated rings. The number of carbonyl (C=O) groups excluding carboxylic acids is 1. The van der Waals surface area contributed by atoms with Gasteiger partial charge in [-0.1, -0.05) is 42.0 Å². The predicted molar refractivity (Wildman–Crippen MR) is 124 cm³/mol. The Bertz CT molecular complexity index is 1350. The first kappa shape index (κ1) is 18.9. The second kappa shape index (κ2) is 7.63. The molecule has 148 valence electrons. The summed E-state index contributed by atoms with van der Waals surface area (Å²) in [6, 6.07) is 16.3. The van der Waals surface area contributed by atoms with Crippen LogP contribution in [0.3, 0.4) is 0 Å². The molecule has 4 aromatic heterocycles. The maximum absolute atomic E-state index is 13.2. The van der Waals surface area contributed by atoms with E-state index in [9.17, 15) is 4.79 Å². The number of nitrogens with zero attached hydrogens (tertiary/aromatic N) is 3. The van der Waals surface area contributed by atoms with Gasteiger partial charge in [-0.15, -0.1) is 22.7 Å². The van der Waals surface area contributed by atoms with Crippen LogP contribution in [-0.4, -0.2) is 20.2 Å². The Morgan fingerprint density at radius 3 is 2.53 bits per heavy atom. The molecule has 0 unspecified atom stereocenters. The van der Waals surface area contributed by atoms with Gasteiger partial charge in [0, 0.05) is 17.1 Å². The van der Waals surface area contributed by atoms with Crippen molar-refractivity contribution in [1.29, 1.82) is 0 Å². The van der Waals surface area contributed by atoms with Gasteiger partial charge < -0.3 is 4.40 Å². The lowest BCUT2D eigenvalue weighted by Crippen LogP contribution is -2.07. The summed E-state index contributed by atoms with van der Waals surface area (Å²) < 4.78 is 2.04. The highest BCUT2D eigenvalue weighted by Gasteiger charge is 2.20. The van der Waals surface area contributed by atoms with Crippen molar-refractivity contribution in [2.24, 2.45) is 0 Å². The Balaban J connectivity index is 1.56. The van der Waals surface area contributed by atoms with E-state index in [0.29, 0.717) is 5.69 Å². The topological polar surface area (TPSA) is 47.3 Å². The van der Waals surface area contributed by atoms with Crippen molar-refractivity contribution in [1.82, 2.24) is 14.4 Å². The highest BCUT2D eigenvalue weighted by molar-refractivity contribution is 7.20. The minimum atomic E-state index is 0.00530. The van der Waals surface area contributed by atoms with E-state index in [0.717, 1.165) is 38.0 Å². The van der Waals surface area contributed by atoms with Crippen molar-refractivity contribution in [3.63, 3.8) is 0 Å². The summed E-state index contributed by atoms with van der Waals surface area (Å²) in [5.74, 6) is 0.00530. The maximum Gasteiger partial charge on any atom is 0.188 e. The normalized spacial score (nSPS) is 11.3. The molecule has 0 saturated heterocycles. The number of hydrogen-bond acceptors (Lipinski definition) is 5. The van der Waals surface area contributed by atoms with E-state index in [1.165, 1.54) is 16.9 Å². The molecule has 0 amide bonds. The molecule has 5 aromatic rings. The Hall–Kier alpha value is -3.09. The predicted octanol–water partition coefficient (Wildman–Crippen LogP) is 6.23. The largest absolute Gasteiger partial charge is 0.303 e. The van der Waals surface area contributed by atoms with Gasteiger partial charge in [-0.05, 0) is 36.9 Å². The van der Waals surface area contributed by atoms with Crippen molar-refractivity contribution in [3.8, 4) is 21.1 Å². The van der Waals surface area contributed by atoms with Gasteiger partial charge in [0.1, 0.15) is 16.3 Å². The number of aryl methyl sites for hydroxylation is 2. The van der Waals surface area contributed by atoms with Gasteiger partial charge >= 0.3 is 0 Å². The molecular weight excluding hydrogens is 410 g/mol. The van der Waals surface area contributed by atoms with Crippen LogP contribution in [0.4, 0.5) is 0 Å². The smallest absolute Gasteiger partial charge is 0.188 e. The van der Waals surface area contributed by atoms with Crippen LogP contribution in [0.15, 0.2) is 65.5 Å².